The van der Waals surface area contributed by atoms with Crippen LogP contribution in [0.15, 0.2) is 83.5 Å². The summed E-state index contributed by atoms with van der Waals surface area (Å²) in [7, 11) is 0. The van der Waals surface area contributed by atoms with Crippen molar-refractivity contribution in [3.8, 4) is 11.5 Å². The van der Waals surface area contributed by atoms with E-state index >= 15 is 0 Å². The molecule has 0 spiro atoms. The number of rotatable bonds is 9. The van der Waals surface area contributed by atoms with Crippen molar-refractivity contribution in [2.45, 2.75) is 38.8 Å². The minimum absolute atomic E-state index is 0.0287. The summed E-state index contributed by atoms with van der Waals surface area (Å²) in [6, 6.07) is 20.1. The van der Waals surface area contributed by atoms with Gasteiger partial charge in [0.05, 0.1) is 18.2 Å². The number of nitrogens with zero attached hydrogens (tertiary/aromatic N) is 2. The molecule has 1 atom stereocenters. The van der Waals surface area contributed by atoms with Crippen LogP contribution in [0.4, 0.5) is 13.2 Å². The van der Waals surface area contributed by atoms with Gasteiger partial charge in [0.1, 0.15) is 6.26 Å². The van der Waals surface area contributed by atoms with Gasteiger partial charge in [-0.2, -0.15) is 13.2 Å². The summed E-state index contributed by atoms with van der Waals surface area (Å²) in [6.45, 7) is 2.30. The highest BCUT2D eigenvalue weighted by Crippen LogP contribution is 2.35. The molecule has 0 aliphatic carbocycles. The predicted molar refractivity (Wildman–Crippen MR) is 136 cm³/mol. The molecule has 1 unspecified atom stereocenters. The number of hydrogen-bond donors (Lipinski definition) is 1. The zero-order valence-corrected chi connectivity index (χ0v) is 21.1. The second-order valence-electron chi connectivity index (χ2n) is 9.22. The number of aromatic nitrogens is 1. The maximum atomic E-state index is 13.7. The number of carbonyl (C=O) groups excluding carboxylic acids is 1. The molecule has 0 saturated carbocycles. The SMILES string of the molecule is CC(NC(=O)c1coc(CN(Cc2ccc3c(c2)OCO3)Cc2ccccc2C(F)(F)F)n1)c1ccccc1. The first-order valence-corrected chi connectivity index (χ1v) is 12.3. The van der Waals surface area contributed by atoms with Crippen LogP contribution >= 0.6 is 0 Å². The summed E-state index contributed by atoms with van der Waals surface area (Å²) in [4.78, 5) is 18.9. The van der Waals surface area contributed by atoms with E-state index in [1.165, 1.54) is 18.4 Å². The molecule has 0 radical (unpaired) electrons. The maximum Gasteiger partial charge on any atom is 0.416 e. The minimum atomic E-state index is -4.50. The second kappa shape index (κ2) is 11.2. The molecule has 1 N–H and O–H groups in total. The quantitative estimate of drug-likeness (QED) is 0.277. The van der Waals surface area contributed by atoms with Crippen LogP contribution in [0.3, 0.4) is 0 Å². The number of carbonyl (C=O) groups is 1. The van der Waals surface area contributed by atoms with Gasteiger partial charge in [-0.3, -0.25) is 9.69 Å². The molecule has 3 aromatic carbocycles. The van der Waals surface area contributed by atoms with Gasteiger partial charge in [-0.05, 0) is 41.8 Å². The third-order valence-electron chi connectivity index (χ3n) is 6.35. The fraction of sp³-hybridized carbons (Fsp3) is 0.241. The van der Waals surface area contributed by atoms with E-state index in [9.17, 15) is 18.0 Å². The molecule has 7 nitrogen and oxygen atoms in total. The van der Waals surface area contributed by atoms with Crippen molar-refractivity contribution in [2.24, 2.45) is 0 Å². The van der Waals surface area contributed by atoms with Gasteiger partial charge in [-0.15, -0.1) is 0 Å². The van der Waals surface area contributed by atoms with Gasteiger partial charge in [0.15, 0.2) is 17.2 Å². The monoisotopic (exact) mass is 537 g/mol. The third kappa shape index (κ3) is 6.40. The van der Waals surface area contributed by atoms with E-state index in [0.29, 0.717) is 11.5 Å². The molecule has 1 aromatic heterocycles. The number of nitrogens with one attached hydrogen (secondary N) is 1. The van der Waals surface area contributed by atoms with Gasteiger partial charge in [0.25, 0.3) is 5.91 Å². The average Bonchev–Trinajstić information content (AvgIpc) is 3.58. The standard InChI is InChI=1S/C29H26F3N3O4/c1-19(21-7-3-2-4-8-21)33-28(36)24-17-37-27(34-24)16-35(14-20-11-12-25-26(13-20)39-18-38-25)15-22-9-5-6-10-23(22)29(30,31)32/h2-13,17,19H,14-16,18H2,1H3,(H,33,36). The summed E-state index contributed by atoms with van der Waals surface area (Å²) in [5.74, 6) is 0.982. The van der Waals surface area contributed by atoms with Gasteiger partial charge >= 0.3 is 6.18 Å². The van der Waals surface area contributed by atoms with Crippen molar-refractivity contribution in [3.63, 3.8) is 0 Å². The highest BCUT2D eigenvalue weighted by Gasteiger charge is 2.33. The lowest BCUT2D eigenvalue weighted by molar-refractivity contribution is -0.138. The van der Waals surface area contributed by atoms with Gasteiger partial charge in [0.2, 0.25) is 12.7 Å². The second-order valence-corrected chi connectivity index (χ2v) is 9.22. The van der Waals surface area contributed by atoms with E-state index in [1.54, 1.807) is 23.1 Å². The number of hydrogen-bond acceptors (Lipinski definition) is 6. The van der Waals surface area contributed by atoms with E-state index in [0.717, 1.165) is 17.2 Å². The number of halogens is 3. The van der Waals surface area contributed by atoms with Crippen LogP contribution in [0, 0.1) is 0 Å². The van der Waals surface area contributed by atoms with E-state index in [4.69, 9.17) is 13.9 Å². The molecule has 2 heterocycles. The van der Waals surface area contributed by atoms with Gasteiger partial charge in [0, 0.05) is 13.1 Å². The first kappa shape index (κ1) is 26.3. The zero-order valence-electron chi connectivity index (χ0n) is 21.1. The molecule has 1 aliphatic heterocycles. The van der Waals surface area contributed by atoms with Crippen LogP contribution < -0.4 is 14.8 Å². The van der Waals surface area contributed by atoms with E-state index in [2.05, 4.69) is 10.3 Å². The van der Waals surface area contributed by atoms with Crippen molar-refractivity contribution in [3.05, 3.63) is 113 Å². The van der Waals surface area contributed by atoms with Gasteiger partial charge in [-0.1, -0.05) is 54.6 Å². The molecule has 202 valence electrons. The summed E-state index contributed by atoms with van der Waals surface area (Å²) < 4.78 is 57.5. The fourth-order valence-electron chi connectivity index (χ4n) is 4.42. The Bertz CT molecular complexity index is 1440. The van der Waals surface area contributed by atoms with Gasteiger partial charge in [-0.25, -0.2) is 4.98 Å². The van der Waals surface area contributed by atoms with E-state index < -0.39 is 17.6 Å². The molecule has 39 heavy (non-hydrogen) atoms. The molecule has 5 rings (SSSR count). The van der Waals surface area contributed by atoms with Crippen molar-refractivity contribution < 1.29 is 31.9 Å². The van der Waals surface area contributed by atoms with Crippen LogP contribution in [0.25, 0.3) is 0 Å². The van der Waals surface area contributed by atoms with Crippen molar-refractivity contribution in [1.82, 2.24) is 15.2 Å². The smallest absolute Gasteiger partial charge is 0.416 e. The number of benzene rings is 3. The topological polar surface area (TPSA) is 76.8 Å². The maximum absolute atomic E-state index is 13.7. The Morgan fingerprint density at radius 2 is 1.72 bits per heavy atom. The first-order chi connectivity index (χ1) is 18.8. The highest BCUT2D eigenvalue weighted by molar-refractivity contribution is 5.92. The molecular formula is C29H26F3N3O4. The van der Waals surface area contributed by atoms with E-state index in [-0.39, 0.29) is 49.6 Å². The number of fused-ring (bicyclic) bond motifs is 1. The number of alkyl halides is 3. The summed E-state index contributed by atoms with van der Waals surface area (Å²) in [5.41, 5.74) is 1.25. The lowest BCUT2D eigenvalue weighted by Gasteiger charge is -2.23. The van der Waals surface area contributed by atoms with Gasteiger partial charge < -0.3 is 19.2 Å². The van der Waals surface area contributed by atoms with Crippen LogP contribution in [0.1, 0.15) is 51.6 Å². The molecule has 0 bridgehead atoms. The van der Waals surface area contributed by atoms with Crippen molar-refractivity contribution in [2.75, 3.05) is 6.79 Å². The number of ether oxygens (including phenoxy) is 2. The Hall–Kier alpha value is -4.31. The third-order valence-corrected chi connectivity index (χ3v) is 6.35. The molecule has 0 saturated heterocycles. The Labute approximate surface area is 223 Å². The Balaban J connectivity index is 1.35. The van der Waals surface area contributed by atoms with Crippen LogP contribution in [-0.4, -0.2) is 22.6 Å². The van der Waals surface area contributed by atoms with E-state index in [1.807, 2.05) is 43.3 Å². The van der Waals surface area contributed by atoms with Crippen molar-refractivity contribution >= 4 is 5.91 Å². The summed E-state index contributed by atoms with van der Waals surface area (Å²) in [5, 5.41) is 2.88. The Kier molecular flexibility index (Phi) is 7.56. The fourth-order valence-corrected chi connectivity index (χ4v) is 4.42. The summed E-state index contributed by atoms with van der Waals surface area (Å²) >= 11 is 0. The van der Waals surface area contributed by atoms with Crippen LogP contribution in [0.2, 0.25) is 0 Å². The zero-order chi connectivity index (χ0) is 27.4. The Morgan fingerprint density at radius 3 is 2.51 bits per heavy atom. The molecule has 10 heteroatoms. The normalized spacial score (nSPS) is 13.5. The molecule has 1 amide bonds. The number of oxazole rings is 1. The molecular weight excluding hydrogens is 511 g/mol. The average molecular weight is 538 g/mol. The Morgan fingerprint density at radius 1 is 0.974 bits per heavy atom. The van der Waals surface area contributed by atoms with Crippen molar-refractivity contribution in [1.29, 1.82) is 0 Å². The minimum Gasteiger partial charge on any atom is -0.454 e. The highest BCUT2D eigenvalue weighted by atomic mass is 19.4. The molecule has 1 aliphatic rings. The summed E-state index contributed by atoms with van der Waals surface area (Å²) in [6.07, 6.45) is -3.24. The lowest BCUT2D eigenvalue weighted by atomic mass is 10.1. The largest absolute Gasteiger partial charge is 0.454 e. The number of amides is 1. The van der Waals surface area contributed by atoms with Crippen LogP contribution in [-0.2, 0) is 25.8 Å². The lowest BCUT2D eigenvalue weighted by Crippen LogP contribution is -2.27. The predicted octanol–water partition coefficient (Wildman–Crippen LogP) is 6.12. The molecule has 4 aromatic rings. The molecule has 0 fully saturated rings. The first-order valence-electron chi connectivity index (χ1n) is 12.3. The van der Waals surface area contributed by atoms with Crippen LogP contribution in [0.5, 0.6) is 11.5 Å².